The van der Waals surface area contributed by atoms with Crippen LogP contribution in [0.25, 0.3) is 0 Å². The predicted octanol–water partition coefficient (Wildman–Crippen LogP) is 1.23. The molecule has 1 aromatic carbocycles. The van der Waals surface area contributed by atoms with Crippen molar-refractivity contribution in [2.75, 3.05) is 18.4 Å². The van der Waals surface area contributed by atoms with Crippen LogP contribution in [0.4, 0.5) is 11.4 Å². The summed E-state index contributed by atoms with van der Waals surface area (Å²) in [4.78, 5) is 32.8. The molecule has 0 aliphatic rings. The zero-order valence-corrected chi connectivity index (χ0v) is 11.8. The molecule has 0 heterocycles. The molecule has 0 aliphatic carbocycles. The number of nitrogens with zero attached hydrogens (tertiary/aromatic N) is 1. The van der Waals surface area contributed by atoms with Crippen molar-refractivity contribution in [3.05, 3.63) is 34.4 Å². The first kappa shape index (κ1) is 16.4. The SMILES string of the molecule is CC(C)(CNC(=O)CNc1ccccc1[N+](=O)[O-])C(=O)O. The maximum Gasteiger partial charge on any atom is 0.310 e. The third-order valence-corrected chi connectivity index (χ3v) is 2.85. The number of amides is 1. The second kappa shape index (κ2) is 6.69. The van der Waals surface area contributed by atoms with Crippen molar-refractivity contribution in [3.8, 4) is 0 Å². The van der Waals surface area contributed by atoms with E-state index < -0.39 is 22.2 Å². The van der Waals surface area contributed by atoms with E-state index in [0.29, 0.717) is 0 Å². The molecule has 0 unspecified atom stereocenters. The van der Waals surface area contributed by atoms with Crippen LogP contribution in [0, 0.1) is 15.5 Å². The van der Waals surface area contributed by atoms with Gasteiger partial charge in [0.1, 0.15) is 5.69 Å². The van der Waals surface area contributed by atoms with Crippen molar-refractivity contribution in [2.24, 2.45) is 5.41 Å². The van der Waals surface area contributed by atoms with Crippen LogP contribution in [0.15, 0.2) is 24.3 Å². The van der Waals surface area contributed by atoms with E-state index in [2.05, 4.69) is 10.6 Å². The Morgan fingerprint density at radius 3 is 2.52 bits per heavy atom. The Morgan fingerprint density at radius 1 is 1.33 bits per heavy atom. The van der Waals surface area contributed by atoms with Gasteiger partial charge in [-0.15, -0.1) is 0 Å². The molecule has 1 rings (SSSR count). The van der Waals surface area contributed by atoms with Gasteiger partial charge in [-0.25, -0.2) is 0 Å². The number of benzene rings is 1. The Morgan fingerprint density at radius 2 is 1.95 bits per heavy atom. The van der Waals surface area contributed by atoms with Crippen molar-refractivity contribution >= 4 is 23.3 Å². The number of hydrogen-bond acceptors (Lipinski definition) is 5. The Hall–Kier alpha value is -2.64. The number of aliphatic carboxylic acids is 1. The van der Waals surface area contributed by atoms with E-state index in [1.165, 1.54) is 32.0 Å². The fraction of sp³-hybridized carbons (Fsp3) is 0.385. The first-order valence-electron chi connectivity index (χ1n) is 6.21. The van der Waals surface area contributed by atoms with Crippen molar-refractivity contribution in [2.45, 2.75) is 13.8 Å². The lowest BCUT2D eigenvalue weighted by atomic mass is 9.94. The average molecular weight is 295 g/mol. The lowest BCUT2D eigenvalue weighted by Gasteiger charge is -2.19. The van der Waals surface area contributed by atoms with Gasteiger partial charge in [-0.05, 0) is 19.9 Å². The predicted molar refractivity (Wildman–Crippen MR) is 76.0 cm³/mol. The number of carbonyl (C=O) groups excluding carboxylic acids is 1. The third kappa shape index (κ3) is 4.75. The molecule has 0 aromatic heterocycles. The highest BCUT2D eigenvalue weighted by Gasteiger charge is 2.27. The molecule has 0 fully saturated rings. The fourth-order valence-corrected chi connectivity index (χ4v) is 1.42. The van der Waals surface area contributed by atoms with Gasteiger partial charge >= 0.3 is 5.97 Å². The zero-order chi connectivity index (χ0) is 16.0. The summed E-state index contributed by atoms with van der Waals surface area (Å²) in [5, 5.41) is 24.8. The zero-order valence-electron chi connectivity index (χ0n) is 11.8. The molecule has 0 spiro atoms. The van der Waals surface area contributed by atoms with E-state index in [1.807, 2.05) is 0 Å². The molecule has 0 radical (unpaired) electrons. The summed E-state index contributed by atoms with van der Waals surface area (Å²) in [5.41, 5.74) is -0.972. The monoisotopic (exact) mass is 295 g/mol. The van der Waals surface area contributed by atoms with Gasteiger partial charge in [-0.3, -0.25) is 19.7 Å². The number of rotatable bonds is 7. The van der Waals surface area contributed by atoms with E-state index in [4.69, 9.17) is 5.11 Å². The van der Waals surface area contributed by atoms with Crippen LogP contribution in [0.2, 0.25) is 0 Å². The van der Waals surface area contributed by atoms with E-state index in [1.54, 1.807) is 6.07 Å². The van der Waals surface area contributed by atoms with Gasteiger partial charge in [0, 0.05) is 12.6 Å². The molecule has 0 atom stereocenters. The average Bonchev–Trinajstić information content (AvgIpc) is 2.43. The van der Waals surface area contributed by atoms with Crippen molar-refractivity contribution in [3.63, 3.8) is 0 Å². The van der Waals surface area contributed by atoms with Gasteiger partial charge in [0.25, 0.3) is 5.69 Å². The molecule has 8 nitrogen and oxygen atoms in total. The lowest BCUT2D eigenvalue weighted by molar-refractivity contribution is -0.383. The summed E-state index contributed by atoms with van der Waals surface area (Å²) in [6.45, 7) is 2.77. The number of nitro benzene ring substituents is 1. The van der Waals surface area contributed by atoms with Crippen molar-refractivity contribution in [1.82, 2.24) is 5.32 Å². The van der Waals surface area contributed by atoms with Crippen LogP contribution in [0.1, 0.15) is 13.8 Å². The number of para-hydroxylation sites is 2. The summed E-state index contributed by atoms with van der Waals surface area (Å²) >= 11 is 0. The van der Waals surface area contributed by atoms with Crippen LogP contribution >= 0.6 is 0 Å². The summed E-state index contributed by atoms with van der Waals surface area (Å²) in [5.74, 6) is -1.46. The molecule has 0 aliphatic heterocycles. The highest BCUT2D eigenvalue weighted by Crippen LogP contribution is 2.22. The van der Waals surface area contributed by atoms with Gasteiger partial charge in [-0.1, -0.05) is 12.1 Å². The summed E-state index contributed by atoms with van der Waals surface area (Å²) in [6.07, 6.45) is 0. The van der Waals surface area contributed by atoms with Gasteiger partial charge in [-0.2, -0.15) is 0 Å². The molecule has 21 heavy (non-hydrogen) atoms. The number of carbonyl (C=O) groups is 2. The largest absolute Gasteiger partial charge is 0.481 e. The number of carboxylic acid groups (broad SMARTS) is 1. The van der Waals surface area contributed by atoms with Crippen LogP contribution in [-0.2, 0) is 9.59 Å². The minimum Gasteiger partial charge on any atom is -0.481 e. The minimum absolute atomic E-state index is 0.0280. The molecule has 0 saturated carbocycles. The van der Waals surface area contributed by atoms with Crippen LogP contribution < -0.4 is 10.6 Å². The molecule has 1 amide bonds. The summed E-state index contributed by atoms with van der Waals surface area (Å²) < 4.78 is 0. The first-order valence-corrected chi connectivity index (χ1v) is 6.21. The molecule has 0 saturated heterocycles. The normalized spacial score (nSPS) is 10.8. The van der Waals surface area contributed by atoms with E-state index in [0.717, 1.165) is 0 Å². The minimum atomic E-state index is -1.07. The topological polar surface area (TPSA) is 122 Å². The molecular weight excluding hydrogens is 278 g/mol. The highest BCUT2D eigenvalue weighted by atomic mass is 16.6. The number of anilines is 1. The highest BCUT2D eigenvalue weighted by molar-refractivity contribution is 5.82. The Labute approximate surface area is 121 Å². The maximum absolute atomic E-state index is 11.6. The number of nitro groups is 1. The Bertz CT molecular complexity index is 556. The van der Waals surface area contributed by atoms with Crippen molar-refractivity contribution in [1.29, 1.82) is 0 Å². The smallest absolute Gasteiger partial charge is 0.310 e. The molecular formula is C13H17N3O5. The third-order valence-electron chi connectivity index (χ3n) is 2.85. The molecule has 1 aromatic rings. The van der Waals surface area contributed by atoms with Gasteiger partial charge < -0.3 is 15.7 Å². The van der Waals surface area contributed by atoms with E-state index in [-0.39, 0.29) is 24.5 Å². The molecule has 114 valence electrons. The van der Waals surface area contributed by atoms with Gasteiger partial charge in [0.2, 0.25) is 5.91 Å². The second-order valence-electron chi connectivity index (χ2n) is 5.09. The van der Waals surface area contributed by atoms with Gasteiger partial charge in [0.05, 0.1) is 16.9 Å². The molecule has 0 bridgehead atoms. The van der Waals surface area contributed by atoms with Crippen LogP contribution in [0.3, 0.4) is 0 Å². The van der Waals surface area contributed by atoms with Gasteiger partial charge in [0.15, 0.2) is 0 Å². The van der Waals surface area contributed by atoms with Crippen molar-refractivity contribution < 1.29 is 19.6 Å². The Kier molecular flexibility index (Phi) is 5.23. The number of nitrogens with one attached hydrogen (secondary N) is 2. The summed E-state index contributed by atoms with van der Waals surface area (Å²) in [7, 11) is 0. The van der Waals surface area contributed by atoms with Crippen LogP contribution in [0.5, 0.6) is 0 Å². The number of carboxylic acids is 1. The summed E-state index contributed by atoms with van der Waals surface area (Å²) in [6, 6.07) is 5.96. The lowest BCUT2D eigenvalue weighted by Crippen LogP contribution is -2.41. The first-order chi connectivity index (χ1) is 9.74. The Balaban J connectivity index is 2.55. The second-order valence-corrected chi connectivity index (χ2v) is 5.09. The quantitative estimate of drug-likeness (QED) is 0.514. The van der Waals surface area contributed by atoms with E-state index in [9.17, 15) is 19.7 Å². The molecule has 3 N–H and O–H groups in total. The molecule has 8 heteroatoms. The maximum atomic E-state index is 11.6. The van der Waals surface area contributed by atoms with E-state index >= 15 is 0 Å². The standard InChI is InChI=1S/C13H17N3O5/c1-13(2,12(18)19)8-15-11(17)7-14-9-5-3-4-6-10(9)16(20)21/h3-6,14H,7-8H2,1-2H3,(H,15,17)(H,18,19). The fourth-order valence-electron chi connectivity index (χ4n) is 1.42. The number of hydrogen-bond donors (Lipinski definition) is 3. The van der Waals surface area contributed by atoms with Crippen LogP contribution in [-0.4, -0.2) is 35.0 Å².